The maximum atomic E-state index is 13.0. The third kappa shape index (κ3) is 3.78. The predicted molar refractivity (Wildman–Crippen MR) is 123 cm³/mol. The molecule has 4 aliphatic carbocycles. The van der Waals surface area contributed by atoms with Crippen LogP contribution in [0.2, 0.25) is 0 Å². The molecule has 4 rings (SSSR count). The quantitative estimate of drug-likeness (QED) is 0.438. The molecule has 0 aliphatic heterocycles. The van der Waals surface area contributed by atoms with Gasteiger partial charge in [-0.15, -0.1) is 0 Å². The van der Waals surface area contributed by atoms with Crippen LogP contribution >= 0.6 is 0 Å². The van der Waals surface area contributed by atoms with Crippen molar-refractivity contribution in [3.8, 4) is 0 Å². The van der Waals surface area contributed by atoms with E-state index in [0.29, 0.717) is 18.8 Å². The molecule has 34 heavy (non-hydrogen) atoms. The Morgan fingerprint density at radius 2 is 1.35 bits per heavy atom. The Morgan fingerprint density at radius 3 is 1.94 bits per heavy atom. The lowest BCUT2D eigenvalue weighted by molar-refractivity contribution is -0.210. The molecule has 7 heteroatoms. The second kappa shape index (κ2) is 8.63. The van der Waals surface area contributed by atoms with Crippen LogP contribution in [-0.4, -0.2) is 41.5 Å². The monoisotopic (exact) mass is 476 g/mol. The number of fused-ring (bicyclic) bond motifs is 5. The lowest BCUT2D eigenvalue weighted by atomic mass is 9.43. The number of ether oxygens (including phenoxy) is 3. The van der Waals surface area contributed by atoms with Gasteiger partial charge in [0.25, 0.3) is 0 Å². The van der Waals surface area contributed by atoms with E-state index in [9.17, 15) is 19.2 Å². The number of ketones is 1. The van der Waals surface area contributed by atoms with Crippen LogP contribution < -0.4 is 0 Å². The molecule has 0 radical (unpaired) electrons. The number of carbonyl (C=O) groups is 4. The van der Waals surface area contributed by atoms with Crippen LogP contribution in [0.4, 0.5) is 0 Å². The first-order valence-corrected chi connectivity index (χ1v) is 12.9. The minimum absolute atomic E-state index is 0.0378. The third-order valence-electron chi connectivity index (χ3n) is 10.3. The van der Waals surface area contributed by atoms with E-state index >= 15 is 0 Å². The van der Waals surface area contributed by atoms with Gasteiger partial charge in [0.15, 0.2) is 11.4 Å². The predicted octanol–water partition coefficient (Wildman–Crippen LogP) is 4.39. The van der Waals surface area contributed by atoms with Crippen molar-refractivity contribution in [1.29, 1.82) is 0 Å². The van der Waals surface area contributed by atoms with Crippen LogP contribution in [-0.2, 0) is 33.4 Å². The SMILES string of the molecule is CC(=O)OC1CCC2(C)C(C1)C(OC(C)=O)CC1C2CCC2(C)C1CCC2(OC(C)=O)C(C)=O. The number of rotatable bonds is 4. The summed E-state index contributed by atoms with van der Waals surface area (Å²) in [4.78, 5) is 48.7. The van der Waals surface area contributed by atoms with E-state index in [2.05, 4.69) is 13.8 Å². The van der Waals surface area contributed by atoms with Gasteiger partial charge in [-0.1, -0.05) is 13.8 Å². The van der Waals surface area contributed by atoms with Gasteiger partial charge in [0.1, 0.15) is 12.2 Å². The number of esters is 3. The van der Waals surface area contributed by atoms with Crippen LogP contribution in [0.1, 0.15) is 92.9 Å². The highest BCUT2D eigenvalue weighted by Gasteiger charge is 2.69. The standard InChI is InChI=1S/C27H40O7/c1-15(28)27(34-18(4)31)12-9-22-20-14-24(33-17(3)30)23-13-19(32-16(2)29)7-10-25(23,5)21(20)8-11-26(22,27)6/h19-24H,7-14H2,1-6H3. The summed E-state index contributed by atoms with van der Waals surface area (Å²) in [6.45, 7) is 10.3. The van der Waals surface area contributed by atoms with E-state index in [1.807, 2.05) is 0 Å². The Balaban J connectivity index is 1.69. The Morgan fingerprint density at radius 1 is 0.706 bits per heavy atom. The normalized spacial score (nSPS) is 45.2. The van der Waals surface area contributed by atoms with Crippen molar-refractivity contribution in [2.75, 3.05) is 0 Å². The number of hydrogen-bond donors (Lipinski definition) is 0. The fraction of sp³-hybridized carbons (Fsp3) is 0.852. The van der Waals surface area contributed by atoms with E-state index < -0.39 is 17.0 Å². The van der Waals surface area contributed by atoms with Gasteiger partial charge >= 0.3 is 17.9 Å². The zero-order valence-corrected chi connectivity index (χ0v) is 21.5. The van der Waals surface area contributed by atoms with Gasteiger partial charge in [0.05, 0.1) is 0 Å². The maximum Gasteiger partial charge on any atom is 0.303 e. The van der Waals surface area contributed by atoms with Crippen LogP contribution in [0.3, 0.4) is 0 Å². The Kier molecular flexibility index (Phi) is 6.39. The van der Waals surface area contributed by atoms with Gasteiger partial charge < -0.3 is 14.2 Å². The molecule has 0 N–H and O–H groups in total. The second-order valence-corrected chi connectivity index (χ2v) is 11.9. The fourth-order valence-corrected chi connectivity index (χ4v) is 8.98. The van der Waals surface area contributed by atoms with Crippen molar-refractivity contribution in [2.24, 2.45) is 34.5 Å². The zero-order chi connectivity index (χ0) is 25.1. The highest BCUT2D eigenvalue weighted by atomic mass is 16.6. The van der Waals surface area contributed by atoms with Crippen molar-refractivity contribution in [3.05, 3.63) is 0 Å². The number of Topliss-reactive ketones (excluding diaryl/α,β-unsaturated/α-hetero) is 1. The summed E-state index contributed by atoms with van der Waals surface area (Å²) in [5, 5.41) is 0. The van der Waals surface area contributed by atoms with Gasteiger partial charge in [-0.2, -0.15) is 0 Å². The first-order chi connectivity index (χ1) is 15.8. The lowest BCUT2D eigenvalue weighted by Gasteiger charge is -2.63. The van der Waals surface area contributed by atoms with E-state index in [4.69, 9.17) is 14.2 Å². The molecular weight excluding hydrogens is 436 g/mol. The molecule has 4 aliphatic rings. The summed E-state index contributed by atoms with van der Waals surface area (Å²) < 4.78 is 17.4. The largest absolute Gasteiger partial charge is 0.463 e. The van der Waals surface area contributed by atoms with Crippen LogP contribution in [0.15, 0.2) is 0 Å². The third-order valence-corrected chi connectivity index (χ3v) is 10.3. The van der Waals surface area contributed by atoms with Gasteiger partial charge in [-0.25, -0.2) is 0 Å². The molecule has 190 valence electrons. The van der Waals surface area contributed by atoms with Gasteiger partial charge in [0.2, 0.25) is 0 Å². The number of hydrogen-bond acceptors (Lipinski definition) is 7. The number of carbonyl (C=O) groups excluding carboxylic acids is 4. The Labute approximate surface area is 202 Å². The topological polar surface area (TPSA) is 96.0 Å². The lowest BCUT2D eigenvalue weighted by Crippen LogP contribution is -2.62. The smallest absolute Gasteiger partial charge is 0.303 e. The molecule has 0 aromatic carbocycles. The van der Waals surface area contributed by atoms with E-state index in [1.165, 1.54) is 20.8 Å². The summed E-state index contributed by atoms with van der Waals surface area (Å²) in [7, 11) is 0. The summed E-state index contributed by atoms with van der Waals surface area (Å²) >= 11 is 0. The molecule has 4 saturated carbocycles. The highest BCUT2D eigenvalue weighted by molar-refractivity contribution is 5.89. The summed E-state index contributed by atoms with van der Waals surface area (Å²) in [5.74, 6) is 0.0392. The average Bonchev–Trinajstić information content (AvgIpc) is 3.01. The summed E-state index contributed by atoms with van der Waals surface area (Å²) in [6, 6.07) is 0. The summed E-state index contributed by atoms with van der Waals surface area (Å²) in [6.07, 6.45) is 5.97. The molecule has 0 saturated heterocycles. The van der Waals surface area contributed by atoms with Crippen LogP contribution in [0.5, 0.6) is 0 Å². The Hall–Kier alpha value is -1.92. The molecule has 0 spiro atoms. The molecule has 4 fully saturated rings. The minimum Gasteiger partial charge on any atom is -0.463 e. The van der Waals surface area contributed by atoms with E-state index in [0.717, 1.165) is 38.5 Å². The van der Waals surface area contributed by atoms with E-state index in [-0.39, 0.29) is 53.1 Å². The van der Waals surface area contributed by atoms with Gasteiger partial charge in [0, 0.05) is 32.1 Å². The van der Waals surface area contributed by atoms with Gasteiger partial charge in [-0.3, -0.25) is 19.2 Å². The average molecular weight is 477 g/mol. The molecule has 0 aromatic heterocycles. The van der Waals surface area contributed by atoms with Crippen molar-refractivity contribution in [1.82, 2.24) is 0 Å². The van der Waals surface area contributed by atoms with Crippen molar-refractivity contribution < 1.29 is 33.4 Å². The fourth-order valence-electron chi connectivity index (χ4n) is 8.98. The molecule has 9 atom stereocenters. The molecule has 7 nitrogen and oxygen atoms in total. The van der Waals surface area contributed by atoms with Crippen molar-refractivity contribution in [2.45, 2.75) is 111 Å². The first kappa shape index (κ1) is 25.2. The molecule has 0 amide bonds. The minimum atomic E-state index is -1.07. The second-order valence-electron chi connectivity index (χ2n) is 11.9. The zero-order valence-electron chi connectivity index (χ0n) is 21.5. The maximum absolute atomic E-state index is 13.0. The molecular formula is C27H40O7. The molecule has 0 aromatic rings. The van der Waals surface area contributed by atoms with Crippen molar-refractivity contribution >= 4 is 23.7 Å². The Bertz CT molecular complexity index is 882. The van der Waals surface area contributed by atoms with Crippen LogP contribution in [0.25, 0.3) is 0 Å². The molecule has 0 heterocycles. The van der Waals surface area contributed by atoms with Crippen LogP contribution in [0, 0.1) is 34.5 Å². The molecule has 9 unspecified atom stereocenters. The van der Waals surface area contributed by atoms with Crippen molar-refractivity contribution in [3.63, 3.8) is 0 Å². The first-order valence-electron chi connectivity index (χ1n) is 12.9. The van der Waals surface area contributed by atoms with E-state index in [1.54, 1.807) is 6.92 Å². The highest BCUT2D eigenvalue weighted by Crippen LogP contribution is 2.69. The summed E-state index contributed by atoms with van der Waals surface area (Å²) in [5.41, 5.74) is -1.54. The van der Waals surface area contributed by atoms with Gasteiger partial charge in [-0.05, 0) is 81.5 Å². The molecule has 0 bridgehead atoms.